The largest absolute Gasteiger partial charge is 0.338 e. The summed E-state index contributed by atoms with van der Waals surface area (Å²) in [5, 5.41) is 4.52. The molecule has 0 radical (unpaired) electrons. The molecule has 7 heteroatoms. The Labute approximate surface area is 194 Å². The number of carbonyl (C=O) groups excluding carboxylic acids is 2. The van der Waals surface area contributed by atoms with Crippen LogP contribution in [0.1, 0.15) is 56.9 Å². The van der Waals surface area contributed by atoms with Gasteiger partial charge in [0.25, 0.3) is 0 Å². The highest BCUT2D eigenvalue weighted by atomic mass is 16.7. The van der Waals surface area contributed by atoms with E-state index in [1.165, 1.54) is 17.0 Å². The van der Waals surface area contributed by atoms with Crippen LogP contribution in [-0.2, 0) is 16.1 Å². The van der Waals surface area contributed by atoms with Gasteiger partial charge < -0.3 is 15.1 Å². The van der Waals surface area contributed by atoms with E-state index in [4.69, 9.17) is 4.84 Å². The van der Waals surface area contributed by atoms with E-state index in [0.29, 0.717) is 25.7 Å². The first-order valence-electron chi connectivity index (χ1n) is 12.2. The molecule has 1 heterocycles. The van der Waals surface area contributed by atoms with Crippen molar-refractivity contribution in [2.75, 3.05) is 46.9 Å². The molecule has 1 aromatic rings. The van der Waals surface area contributed by atoms with E-state index in [1.54, 1.807) is 0 Å². The average Bonchev–Trinajstić information content (AvgIpc) is 2.80. The zero-order chi connectivity index (χ0) is 23.0. The fourth-order valence-corrected chi connectivity index (χ4v) is 4.16. The SMILES string of the molecule is CN(C)CCCN(C=O)OCCCCCC1CCCCN1C(=O)NCCc1ccccc1. The lowest BCUT2D eigenvalue weighted by atomic mass is 9.97. The number of hydroxylamine groups is 2. The fourth-order valence-electron chi connectivity index (χ4n) is 4.16. The minimum Gasteiger partial charge on any atom is -0.338 e. The number of hydrogen-bond donors (Lipinski definition) is 1. The van der Waals surface area contributed by atoms with Crippen molar-refractivity contribution in [1.29, 1.82) is 0 Å². The molecule has 1 aromatic carbocycles. The molecule has 1 fully saturated rings. The van der Waals surface area contributed by atoms with Crippen LogP contribution < -0.4 is 5.32 Å². The normalized spacial score (nSPS) is 16.2. The Morgan fingerprint density at radius 3 is 2.69 bits per heavy atom. The number of hydrogen-bond acceptors (Lipinski definition) is 4. The molecular formula is C25H42N4O3. The summed E-state index contributed by atoms with van der Waals surface area (Å²) in [6.07, 6.45) is 9.98. The number of likely N-dealkylation sites (tertiary alicyclic amines) is 1. The maximum Gasteiger partial charge on any atom is 0.317 e. The molecule has 1 aliphatic heterocycles. The quantitative estimate of drug-likeness (QED) is 0.253. The molecular weight excluding hydrogens is 404 g/mol. The van der Waals surface area contributed by atoms with Gasteiger partial charge in [-0.3, -0.25) is 9.63 Å². The van der Waals surface area contributed by atoms with E-state index in [9.17, 15) is 9.59 Å². The van der Waals surface area contributed by atoms with Crippen molar-refractivity contribution < 1.29 is 14.4 Å². The second-order valence-electron chi connectivity index (χ2n) is 8.90. The van der Waals surface area contributed by atoms with E-state index in [1.807, 2.05) is 37.2 Å². The van der Waals surface area contributed by atoms with Crippen LogP contribution in [0.3, 0.4) is 0 Å². The van der Waals surface area contributed by atoms with Crippen molar-refractivity contribution in [1.82, 2.24) is 20.2 Å². The summed E-state index contributed by atoms with van der Waals surface area (Å²) in [7, 11) is 4.04. The number of piperidine rings is 1. The Morgan fingerprint density at radius 1 is 1.12 bits per heavy atom. The second-order valence-corrected chi connectivity index (χ2v) is 8.90. The molecule has 32 heavy (non-hydrogen) atoms. The number of carbonyl (C=O) groups is 2. The molecule has 2 rings (SSSR count). The minimum atomic E-state index is 0.0771. The van der Waals surface area contributed by atoms with Crippen molar-refractivity contribution in [3.05, 3.63) is 35.9 Å². The first kappa shape index (κ1) is 26.1. The number of urea groups is 1. The first-order valence-corrected chi connectivity index (χ1v) is 12.2. The molecule has 1 aliphatic rings. The van der Waals surface area contributed by atoms with E-state index in [-0.39, 0.29) is 6.03 Å². The highest BCUT2D eigenvalue weighted by Crippen LogP contribution is 2.22. The van der Waals surface area contributed by atoms with E-state index in [2.05, 4.69) is 22.3 Å². The topological polar surface area (TPSA) is 65.1 Å². The molecule has 0 aliphatic carbocycles. The van der Waals surface area contributed by atoms with Crippen molar-refractivity contribution in [2.24, 2.45) is 0 Å². The summed E-state index contributed by atoms with van der Waals surface area (Å²) in [5.41, 5.74) is 1.25. The minimum absolute atomic E-state index is 0.0771. The number of unbranched alkanes of at least 4 members (excludes halogenated alkanes) is 2. The molecule has 0 aromatic heterocycles. The predicted molar refractivity (Wildman–Crippen MR) is 128 cm³/mol. The van der Waals surface area contributed by atoms with E-state index < -0.39 is 0 Å². The molecule has 0 spiro atoms. The zero-order valence-corrected chi connectivity index (χ0v) is 20.0. The van der Waals surface area contributed by atoms with Crippen molar-refractivity contribution >= 4 is 12.4 Å². The zero-order valence-electron chi connectivity index (χ0n) is 20.0. The van der Waals surface area contributed by atoms with Crippen LogP contribution in [0, 0.1) is 0 Å². The molecule has 1 N–H and O–H groups in total. The lowest BCUT2D eigenvalue weighted by molar-refractivity contribution is -0.173. The summed E-state index contributed by atoms with van der Waals surface area (Å²) in [6, 6.07) is 10.7. The number of nitrogens with one attached hydrogen (secondary N) is 1. The van der Waals surface area contributed by atoms with Crippen LogP contribution in [-0.4, -0.2) is 80.2 Å². The molecule has 0 bridgehead atoms. The third-order valence-corrected chi connectivity index (χ3v) is 5.96. The maximum absolute atomic E-state index is 12.7. The molecule has 7 nitrogen and oxygen atoms in total. The highest BCUT2D eigenvalue weighted by Gasteiger charge is 2.25. The smallest absolute Gasteiger partial charge is 0.317 e. The van der Waals surface area contributed by atoms with Gasteiger partial charge in [-0.1, -0.05) is 43.2 Å². The van der Waals surface area contributed by atoms with Gasteiger partial charge in [0.05, 0.1) is 6.61 Å². The van der Waals surface area contributed by atoms with Crippen molar-refractivity contribution in [2.45, 2.75) is 63.8 Å². The van der Waals surface area contributed by atoms with Crippen LogP contribution in [0.4, 0.5) is 4.79 Å². The molecule has 180 valence electrons. The van der Waals surface area contributed by atoms with Gasteiger partial charge in [-0.15, -0.1) is 0 Å². The molecule has 1 saturated heterocycles. The summed E-state index contributed by atoms with van der Waals surface area (Å²) in [6.45, 7) is 3.65. The predicted octanol–water partition coefficient (Wildman–Crippen LogP) is 3.70. The van der Waals surface area contributed by atoms with Crippen LogP contribution in [0.2, 0.25) is 0 Å². The van der Waals surface area contributed by atoms with Crippen LogP contribution in [0.25, 0.3) is 0 Å². The van der Waals surface area contributed by atoms with Gasteiger partial charge in [-0.25, -0.2) is 9.86 Å². The third kappa shape index (κ3) is 10.5. The number of amides is 3. The lowest BCUT2D eigenvalue weighted by Crippen LogP contribution is -2.49. The Morgan fingerprint density at radius 2 is 1.94 bits per heavy atom. The summed E-state index contributed by atoms with van der Waals surface area (Å²) in [5.74, 6) is 0. The standard InChI is InChI=1S/C25H42N4O3/c1-27(2)18-11-19-28(22-30)32-21-10-4-7-14-24-15-8-9-20-29(24)25(31)26-17-16-23-12-5-3-6-13-23/h3,5-6,12-13,22,24H,4,7-11,14-21H2,1-2H3,(H,26,31). The Hall–Kier alpha value is -2.12. The van der Waals surface area contributed by atoms with Gasteiger partial charge in [-0.05, 0) is 71.1 Å². The van der Waals surface area contributed by atoms with Gasteiger partial charge in [0.15, 0.2) is 0 Å². The van der Waals surface area contributed by atoms with Gasteiger partial charge in [0.2, 0.25) is 6.41 Å². The summed E-state index contributed by atoms with van der Waals surface area (Å²) >= 11 is 0. The van der Waals surface area contributed by atoms with Crippen molar-refractivity contribution in [3.63, 3.8) is 0 Å². The third-order valence-electron chi connectivity index (χ3n) is 5.96. The Bertz CT molecular complexity index is 641. The number of nitrogens with zero attached hydrogens (tertiary/aromatic N) is 3. The van der Waals surface area contributed by atoms with Gasteiger partial charge in [0.1, 0.15) is 0 Å². The van der Waals surface area contributed by atoms with Gasteiger partial charge >= 0.3 is 6.03 Å². The van der Waals surface area contributed by atoms with Crippen molar-refractivity contribution in [3.8, 4) is 0 Å². The summed E-state index contributed by atoms with van der Waals surface area (Å²) in [4.78, 5) is 33.6. The lowest BCUT2D eigenvalue weighted by Gasteiger charge is -2.36. The fraction of sp³-hybridized carbons (Fsp3) is 0.680. The first-order chi connectivity index (χ1) is 15.6. The number of benzene rings is 1. The Kier molecular flexibility index (Phi) is 12.8. The van der Waals surface area contributed by atoms with Crippen LogP contribution in [0.5, 0.6) is 0 Å². The highest BCUT2D eigenvalue weighted by molar-refractivity contribution is 5.74. The van der Waals surface area contributed by atoms with Gasteiger partial charge in [0, 0.05) is 25.7 Å². The number of rotatable bonds is 15. The molecule has 1 atom stereocenters. The summed E-state index contributed by atoms with van der Waals surface area (Å²) < 4.78 is 0. The Balaban J connectivity index is 1.60. The van der Waals surface area contributed by atoms with Gasteiger partial charge in [-0.2, -0.15) is 0 Å². The van der Waals surface area contributed by atoms with E-state index >= 15 is 0 Å². The second kappa shape index (κ2) is 15.6. The maximum atomic E-state index is 12.7. The van der Waals surface area contributed by atoms with Crippen LogP contribution in [0.15, 0.2) is 30.3 Å². The van der Waals surface area contributed by atoms with E-state index in [0.717, 1.165) is 70.9 Å². The average molecular weight is 447 g/mol. The monoisotopic (exact) mass is 446 g/mol. The molecule has 3 amide bonds. The molecule has 1 unspecified atom stereocenters. The van der Waals surface area contributed by atoms with Crippen LogP contribution >= 0.6 is 0 Å². The molecule has 0 saturated carbocycles.